The largest absolute Gasteiger partial charge is 0.353 e. The highest BCUT2D eigenvalue weighted by Crippen LogP contribution is 2.28. The van der Waals surface area contributed by atoms with E-state index in [4.69, 9.17) is 4.98 Å². The first kappa shape index (κ1) is 16.6. The van der Waals surface area contributed by atoms with Gasteiger partial charge in [-0.1, -0.05) is 0 Å². The fraction of sp³-hybridized carbons (Fsp3) is 0.474. The molecule has 7 nitrogen and oxygen atoms in total. The van der Waals surface area contributed by atoms with Crippen LogP contribution in [-0.2, 0) is 19.9 Å². The van der Waals surface area contributed by atoms with E-state index in [-0.39, 0.29) is 11.9 Å². The van der Waals surface area contributed by atoms with Gasteiger partial charge in [-0.2, -0.15) is 10.4 Å². The van der Waals surface area contributed by atoms with Crippen molar-refractivity contribution in [3.63, 3.8) is 0 Å². The monoisotopic (exact) mass is 350 g/mol. The number of pyridine rings is 1. The molecule has 7 heteroatoms. The number of nitrogens with one attached hydrogen (secondary N) is 1. The van der Waals surface area contributed by atoms with Gasteiger partial charge in [0.1, 0.15) is 11.9 Å². The molecule has 2 aromatic rings. The third kappa shape index (κ3) is 3.15. The zero-order valence-corrected chi connectivity index (χ0v) is 14.9. The van der Waals surface area contributed by atoms with Gasteiger partial charge in [0, 0.05) is 38.1 Å². The van der Waals surface area contributed by atoms with E-state index in [1.807, 2.05) is 6.07 Å². The molecule has 1 amide bonds. The van der Waals surface area contributed by atoms with Crippen LogP contribution in [0.4, 0.5) is 5.82 Å². The molecule has 1 fully saturated rings. The Morgan fingerprint density at radius 2 is 2.27 bits per heavy atom. The number of hydrogen-bond donors (Lipinski definition) is 1. The summed E-state index contributed by atoms with van der Waals surface area (Å²) in [6.07, 6.45) is 8.29. The predicted octanol–water partition coefficient (Wildman–Crippen LogP) is 1.57. The average molecular weight is 350 g/mol. The topological polar surface area (TPSA) is 86.8 Å². The maximum atomic E-state index is 12.4. The summed E-state index contributed by atoms with van der Waals surface area (Å²) in [6, 6.07) is 4.35. The van der Waals surface area contributed by atoms with Crippen molar-refractivity contribution in [3.8, 4) is 6.07 Å². The van der Waals surface area contributed by atoms with E-state index < -0.39 is 0 Å². The number of aryl methyl sites for hydroxylation is 3. The van der Waals surface area contributed by atoms with E-state index in [1.54, 1.807) is 24.1 Å². The Hall–Kier alpha value is -2.88. The molecule has 0 aromatic carbocycles. The van der Waals surface area contributed by atoms with Crippen molar-refractivity contribution in [1.82, 2.24) is 20.1 Å². The second-order valence-electron chi connectivity index (χ2n) is 7.09. The summed E-state index contributed by atoms with van der Waals surface area (Å²) in [5, 5.41) is 16.7. The van der Waals surface area contributed by atoms with E-state index in [1.165, 1.54) is 5.56 Å². The molecule has 2 aromatic heterocycles. The average Bonchev–Trinajstić information content (AvgIpc) is 3.29. The van der Waals surface area contributed by atoms with Gasteiger partial charge in [-0.25, -0.2) is 4.98 Å². The van der Waals surface area contributed by atoms with Gasteiger partial charge in [0.2, 0.25) is 0 Å². The number of rotatable bonds is 3. The smallest absolute Gasteiger partial charge is 0.254 e. The molecular formula is C19H22N6O. The number of anilines is 1. The van der Waals surface area contributed by atoms with Crippen molar-refractivity contribution >= 4 is 11.7 Å². The van der Waals surface area contributed by atoms with Gasteiger partial charge < -0.3 is 10.2 Å². The van der Waals surface area contributed by atoms with Gasteiger partial charge in [0.25, 0.3) is 5.91 Å². The highest BCUT2D eigenvalue weighted by molar-refractivity contribution is 5.93. The van der Waals surface area contributed by atoms with Crippen LogP contribution in [0.3, 0.4) is 0 Å². The van der Waals surface area contributed by atoms with Crippen molar-refractivity contribution in [3.05, 3.63) is 40.8 Å². The molecule has 0 radical (unpaired) electrons. The van der Waals surface area contributed by atoms with Crippen LogP contribution in [0.1, 0.15) is 46.4 Å². The lowest BCUT2D eigenvalue weighted by molar-refractivity contribution is 0.0933. The molecule has 2 aliphatic rings. The number of aromatic nitrogens is 3. The molecule has 134 valence electrons. The molecule has 1 saturated heterocycles. The van der Waals surface area contributed by atoms with Gasteiger partial charge >= 0.3 is 0 Å². The third-order valence-corrected chi connectivity index (χ3v) is 5.17. The minimum absolute atomic E-state index is 0.0399. The van der Waals surface area contributed by atoms with Crippen LogP contribution < -0.4 is 10.2 Å². The number of nitrogens with zero attached hydrogens (tertiary/aromatic N) is 5. The van der Waals surface area contributed by atoms with Crippen molar-refractivity contribution in [2.45, 2.75) is 38.1 Å². The van der Waals surface area contributed by atoms with Crippen LogP contribution in [0.5, 0.6) is 0 Å². The molecule has 1 unspecified atom stereocenters. The molecule has 0 saturated carbocycles. The minimum atomic E-state index is -0.104. The zero-order valence-electron chi connectivity index (χ0n) is 14.9. The molecule has 1 aliphatic heterocycles. The van der Waals surface area contributed by atoms with Crippen LogP contribution in [0.25, 0.3) is 0 Å². The molecular weight excluding hydrogens is 328 g/mol. The Morgan fingerprint density at radius 1 is 1.38 bits per heavy atom. The standard InChI is InChI=1S/C19H22N6O/c1-24-11-15(10-21-24)19(26)22-16-5-3-7-25(12-16)18-14(9-20)8-13-4-2-6-17(13)23-18/h8,10-11,16H,2-7,12H2,1H3,(H,22,26). The van der Waals surface area contributed by atoms with Crippen LogP contribution in [0.15, 0.2) is 18.5 Å². The van der Waals surface area contributed by atoms with E-state index in [9.17, 15) is 10.1 Å². The third-order valence-electron chi connectivity index (χ3n) is 5.17. The van der Waals surface area contributed by atoms with Crippen LogP contribution in [0.2, 0.25) is 0 Å². The SMILES string of the molecule is Cn1cc(C(=O)NC2CCCN(c3nc4c(cc3C#N)CCC4)C2)cn1. The lowest BCUT2D eigenvalue weighted by atomic mass is 10.0. The number of nitriles is 1. The zero-order chi connectivity index (χ0) is 18.1. The number of piperidine rings is 1. The maximum Gasteiger partial charge on any atom is 0.254 e. The first-order valence-electron chi connectivity index (χ1n) is 9.11. The summed E-state index contributed by atoms with van der Waals surface area (Å²) in [5.74, 6) is 0.667. The predicted molar refractivity (Wildman–Crippen MR) is 96.9 cm³/mol. The van der Waals surface area contributed by atoms with Gasteiger partial charge in [-0.05, 0) is 43.7 Å². The number of hydrogen-bond acceptors (Lipinski definition) is 5. The van der Waals surface area contributed by atoms with Crippen molar-refractivity contribution in [2.75, 3.05) is 18.0 Å². The first-order chi connectivity index (χ1) is 12.6. The Balaban J connectivity index is 1.50. The van der Waals surface area contributed by atoms with Crippen molar-refractivity contribution < 1.29 is 4.79 Å². The number of fused-ring (bicyclic) bond motifs is 1. The van der Waals surface area contributed by atoms with Gasteiger partial charge in [0.15, 0.2) is 0 Å². The highest BCUT2D eigenvalue weighted by atomic mass is 16.1. The second kappa shape index (κ2) is 6.79. The molecule has 26 heavy (non-hydrogen) atoms. The van der Waals surface area contributed by atoms with Crippen LogP contribution in [0, 0.1) is 11.3 Å². The maximum absolute atomic E-state index is 12.4. The second-order valence-corrected chi connectivity index (χ2v) is 7.09. The summed E-state index contributed by atoms with van der Waals surface area (Å²) in [7, 11) is 1.79. The molecule has 0 spiro atoms. The Morgan fingerprint density at radius 3 is 3.04 bits per heavy atom. The van der Waals surface area contributed by atoms with Gasteiger partial charge in [-0.15, -0.1) is 0 Å². The van der Waals surface area contributed by atoms with E-state index in [0.717, 1.165) is 50.2 Å². The summed E-state index contributed by atoms with van der Waals surface area (Å²) < 4.78 is 1.62. The van der Waals surface area contributed by atoms with Crippen molar-refractivity contribution in [1.29, 1.82) is 5.26 Å². The quantitative estimate of drug-likeness (QED) is 0.908. The molecule has 4 rings (SSSR count). The summed E-state index contributed by atoms with van der Waals surface area (Å²) in [6.45, 7) is 1.53. The Bertz CT molecular complexity index is 881. The van der Waals surface area contributed by atoms with Crippen LogP contribution >= 0.6 is 0 Å². The highest BCUT2D eigenvalue weighted by Gasteiger charge is 2.26. The fourth-order valence-electron chi connectivity index (χ4n) is 3.88. The van der Waals surface area contributed by atoms with Gasteiger partial charge in [-0.3, -0.25) is 9.48 Å². The summed E-state index contributed by atoms with van der Waals surface area (Å²) in [5.41, 5.74) is 3.55. The Kier molecular flexibility index (Phi) is 4.33. The number of carbonyl (C=O) groups is 1. The van der Waals surface area contributed by atoms with Crippen molar-refractivity contribution in [2.24, 2.45) is 7.05 Å². The lowest BCUT2D eigenvalue weighted by Crippen LogP contribution is -2.48. The van der Waals surface area contributed by atoms with Gasteiger partial charge in [0.05, 0.1) is 17.3 Å². The lowest BCUT2D eigenvalue weighted by Gasteiger charge is -2.34. The minimum Gasteiger partial charge on any atom is -0.353 e. The first-order valence-corrected chi connectivity index (χ1v) is 9.11. The number of amides is 1. The van der Waals surface area contributed by atoms with E-state index >= 15 is 0 Å². The molecule has 1 atom stereocenters. The molecule has 1 aliphatic carbocycles. The molecule has 0 bridgehead atoms. The molecule has 3 heterocycles. The molecule has 1 N–H and O–H groups in total. The van der Waals surface area contributed by atoms with E-state index in [2.05, 4.69) is 21.4 Å². The number of carbonyl (C=O) groups excluding carboxylic acids is 1. The van der Waals surface area contributed by atoms with E-state index in [0.29, 0.717) is 17.7 Å². The normalized spacial score (nSPS) is 19.1. The van der Waals surface area contributed by atoms with Crippen LogP contribution in [-0.4, -0.2) is 39.8 Å². The fourth-order valence-corrected chi connectivity index (χ4v) is 3.88. The Labute approximate surface area is 152 Å². The summed E-state index contributed by atoms with van der Waals surface area (Å²) >= 11 is 0. The summed E-state index contributed by atoms with van der Waals surface area (Å²) in [4.78, 5) is 19.3.